The van der Waals surface area contributed by atoms with Crippen LogP contribution in [0.5, 0.6) is 5.75 Å². The van der Waals surface area contributed by atoms with E-state index in [1.54, 1.807) is 42.5 Å². The average molecular weight is 349 g/mol. The minimum Gasteiger partial charge on any atom is -0.460 e. The largest absolute Gasteiger partial charge is 0.460 e. The maximum atomic E-state index is 12.0. The summed E-state index contributed by atoms with van der Waals surface area (Å²) < 4.78 is 15.1. The molecule has 0 saturated carbocycles. The monoisotopic (exact) mass is 348 g/mol. The number of carbonyl (C=O) groups is 2. The zero-order valence-electron chi connectivity index (χ0n) is 13.2. The smallest absolute Gasteiger partial charge is 0.338 e. The van der Waals surface area contributed by atoms with Gasteiger partial charge in [0, 0.05) is 12.1 Å². The fourth-order valence-corrected chi connectivity index (χ4v) is 2.05. The van der Waals surface area contributed by atoms with Gasteiger partial charge >= 0.3 is 11.9 Å². The van der Waals surface area contributed by atoms with Crippen molar-refractivity contribution in [2.45, 2.75) is 6.42 Å². The molecule has 0 aliphatic rings. The maximum absolute atomic E-state index is 12.0. The molecule has 0 fully saturated rings. The minimum absolute atomic E-state index is 0.111. The molecule has 2 rings (SSSR count). The van der Waals surface area contributed by atoms with Crippen LogP contribution in [-0.4, -0.2) is 32.3 Å². The van der Waals surface area contributed by atoms with Crippen LogP contribution in [0.25, 0.3) is 0 Å². The Hall–Kier alpha value is -2.37. The number of hydrogen-bond acceptors (Lipinski definition) is 5. The van der Waals surface area contributed by atoms with Crippen molar-refractivity contribution in [2.24, 2.45) is 0 Å². The normalized spacial score (nSPS) is 10.2. The highest BCUT2D eigenvalue weighted by Gasteiger charge is 2.11. The molecule has 0 aromatic heterocycles. The number of hydrogen-bond donors (Lipinski definition) is 0. The Morgan fingerprint density at radius 1 is 1.04 bits per heavy atom. The van der Waals surface area contributed by atoms with E-state index in [2.05, 4.69) is 0 Å². The molecule has 0 heterocycles. The van der Waals surface area contributed by atoms with E-state index in [0.717, 1.165) is 5.56 Å². The third-order valence-electron chi connectivity index (χ3n) is 3.08. The van der Waals surface area contributed by atoms with Crippen LogP contribution in [0.15, 0.2) is 48.5 Å². The van der Waals surface area contributed by atoms with Gasteiger partial charge in [-0.05, 0) is 35.9 Å². The lowest BCUT2D eigenvalue weighted by molar-refractivity contribution is -0.133. The molecular formula is C18H17ClO5. The summed E-state index contributed by atoms with van der Waals surface area (Å²) in [4.78, 5) is 23.8. The zero-order valence-corrected chi connectivity index (χ0v) is 13.9. The second kappa shape index (κ2) is 9.05. The van der Waals surface area contributed by atoms with Gasteiger partial charge in [0.2, 0.25) is 0 Å². The molecule has 0 radical (unpaired) electrons. The predicted molar refractivity (Wildman–Crippen MR) is 89.4 cm³/mol. The summed E-state index contributed by atoms with van der Waals surface area (Å²) in [6.45, 7) is 0.484. The Morgan fingerprint density at radius 3 is 2.50 bits per heavy atom. The van der Waals surface area contributed by atoms with E-state index in [9.17, 15) is 9.59 Å². The summed E-state index contributed by atoms with van der Waals surface area (Å²) in [6.07, 6.45) is 0.111. The highest BCUT2D eigenvalue weighted by atomic mass is 35.5. The van der Waals surface area contributed by atoms with Crippen LogP contribution < -0.4 is 4.74 Å². The van der Waals surface area contributed by atoms with Crippen molar-refractivity contribution < 1.29 is 23.8 Å². The van der Waals surface area contributed by atoms with Crippen LogP contribution in [0.1, 0.15) is 15.9 Å². The van der Waals surface area contributed by atoms with Crippen molar-refractivity contribution in [3.05, 3.63) is 64.7 Å². The lowest BCUT2D eigenvalue weighted by Gasteiger charge is -2.07. The molecule has 2 aromatic rings. The van der Waals surface area contributed by atoms with E-state index in [-0.39, 0.29) is 18.8 Å². The standard InChI is InChI=1S/C18H17ClO5/c1-22-9-10-23-18(21)14-3-2-4-16(12-14)24-17(20)11-13-5-7-15(19)8-6-13/h2-8,12H,9-11H2,1H3. The number of carbonyl (C=O) groups excluding carboxylic acids is 2. The summed E-state index contributed by atoms with van der Waals surface area (Å²) in [5.41, 5.74) is 1.10. The first-order valence-corrected chi connectivity index (χ1v) is 7.67. The van der Waals surface area contributed by atoms with Gasteiger partial charge in [0.1, 0.15) is 12.4 Å². The number of halogens is 1. The van der Waals surface area contributed by atoms with Gasteiger partial charge in [0.15, 0.2) is 0 Å². The van der Waals surface area contributed by atoms with Crippen molar-refractivity contribution in [2.75, 3.05) is 20.3 Å². The first-order chi connectivity index (χ1) is 11.6. The van der Waals surface area contributed by atoms with E-state index in [4.69, 9.17) is 25.8 Å². The Labute approximate surface area is 145 Å². The van der Waals surface area contributed by atoms with Crippen molar-refractivity contribution in [1.82, 2.24) is 0 Å². The molecule has 0 N–H and O–H groups in total. The van der Waals surface area contributed by atoms with E-state index >= 15 is 0 Å². The first kappa shape index (κ1) is 18.0. The molecule has 0 atom stereocenters. The summed E-state index contributed by atoms with van der Waals surface area (Å²) in [7, 11) is 1.52. The number of ether oxygens (including phenoxy) is 3. The second-order valence-corrected chi connectivity index (χ2v) is 5.37. The SMILES string of the molecule is COCCOC(=O)c1cccc(OC(=O)Cc2ccc(Cl)cc2)c1. The molecule has 0 spiro atoms. The van der Waals surface area contributed by atoms with E-state index in [0.29, 0.717) is 17.2 Å². The molecule has 0 amide bonds. The Bertz CT molecular complexity index is 697. The zero-order chi connectivity index (χ0) is 17.4. The van der Waals surface area contributed by atoms with Crippen LogP contribution in [0.2, 0.25) is 5.02 Å². The van der Waals surface area contributed by atoms with Crippen LogP contribution in [0.4, 0.5) is 0 Å². The van der Waals surface area contributed by atoms with E-state index < -0.39 is 11.9 Å². The van der Waals surface area contributed by atoms with Crippen molar-refractivity contribution in [3.8, 4) is 5.75 Å². The number of benzene rings is 2. The quantitative estimate of drug-likeness (QED) is 0.436. The molecule has 24 heavy (non-hydrogen) atoms. The minimum atomic E-state index is -0.498. The van der Waals surface area contributed by atoms with Crippen molar-refractivity contribution in [3.63, 3.8) is 0 Å². The molecule has 0 unspecified atom stereocenters. The first-order valence-electron chi connectivity index (χ1n) is 7.30. The molecule has 2 aromatic carbocycles. The van der Waals surface area contributed by atoms with Gasteiger partial charge in [0.25, 0.3) is 0 Å². The summed E-state index contributed by atoms with van der Waals surface area (Å²) in [5, 5.41) is 0.604. The third-order valence-corrected chi connectivity index (χ3v) is 3.34. The topological polar surface area (TPSA) is 61.8 Å². The lowest BCUT2D eigenvalue weighted by atomic mass is 10.1. The van der Waals surface area contributed by atoms with Gasteiger partial charge in [0.05, 0.1) is 18.6 Å². The van der Waals surface area contributed by atoms with Gasteiger partial charge in [-0.1, -0.05) is 29.8 Å². The van der Waals surface area contributed by atoms with Crippen LogP contribution >= 0.6 is 11.6 Å². The third kappa shape index (κ3) is 5.68. The van der Waals surface area contributed by atoms with Crippen LogP contribution in [-0.2, 0) is 20.7 Å². The fourth-order valence-electron chi connectivity index (χ4n) is 1.92. The molecule has 126 valence electrons. The molecule has 0 aliphatic carbocycles. The van der Waals surface area contributed by atoms with Gasteiger partial charge in [-0.25, -0.2) is 4.79 Å². The summed E-state index contributed by atoms with van der Waals surface area (Å²) >= 11 is 5.80. The van der Waals surface area contributed by atoms with Crippen LogP contribution in [0.3, 0.4) is 0 Å². The summed E-state index contributed by atoms with van der Waals surface area (Å²) in [5.74, 6) is -0.639. The maximum Gasteiger partial charge on any atom is 0.338 e. The molecule has 5 nitrogen and oxygen atoms in total. The fraction of sp³-hybridized carbons (Fsp3) is 0.222. The molecular weight excluding hydrogens is 332 g/mol. The average Bonchev–Trinajstić information content (AvgIpc) is 2.57. The number of methoxy groups -OCH3 is 1. The second-order valence-electron chi connectivity index (χ2n) is 4.93. The van der Waals surface area contributed by atoms with E-state index in [1.165, 1.54) is 13.2 Å². The van der Waals surface area contributed by atoms with Gasteiger partial charge in [-0.2, -0.15) is 0 Å². The Morgan fingerprint density at radius 2 is 1.79 bits per heavy atom. The highest BCUT2D eigenvalue weighted by molar-refractivity contribution is 6.30. The lowest BCUT2D eigenvalue weighted by Crippen LogP contribution is -2.13. The molecule has 0 aliphatic heterocycles. The predicted octanol–water partition coefficient (Wildman–Crippen LogP) is 3.29. The van der Waals surface area contributed by atoms with Gasteiger partial charge < -0.3 is 14.2 Å². The Kier molecular flexibility index (Phi) is 6.78. The summed E-state index contributed by atoms with van der Waals surface area (Å²) in [6, 6.07) is 13.2. The molecule has 0 bridgehead atoms. The van der Waals surface area contributed by atoms with Crippen molar-refractivity contribution in [1.29, 1.82) is 0 Å². The Balaban J connectivity index is 1.94. The molecule has 0 saturated heterocycles. The number of rotatable bonds is 7. The van der Waals surface area contributed by atoms with Gasteiger partial charge in [-0.3, -0.25) is 4.79 Å². The highest BCUT2D eigenvalue weighted by Crippen LogP contribution is 2.16. The molecule has 6 heteroatoms. The number of esters is 2. The van der Waals surface area contributed by atoms with Crippen molar-refractivity contribution >= 4 is 23.5 Å². The van der Waals surface area contributed by atoms with E-state index in [1.807, 2.05) is 0 Å². The van der Waals surface area contributed by atoms with Gasteiger partial charge in [-0.15, -0.1) is 0 Å². The van der Waals surface area contributed by atoms with Crippen LogP contribution in [0, 0.1) is 0 Å².